The molecular formula is C15H14F2N2OS. The van der Waals surface area contributed by atoms with E-state index in [-0.39, 0.29) is 17.4 Å². The van der Waals surface area contributed by atoms with Gasteiger partial charge in [-0.3, -0.25) is 4.79 Å². The first-order valence-corrected chi connectivity index (χ1v) is 7.73. The molecule has 1 aliphatic rings. The van der Waals surface area contributed by atoms with E-state index in [0.717, 1.165) is 31.7 Å². The van der Waals surface area contributed by atoms with Crippen molar-refractivity contribution in [1.82, 2.24) is 4.98 Å². The van der Waals surface area contributed by atoms with Crippen molar-refractivity contribution in [2.75, 3.05) is 5.32 Å². The third-order valence-electron chi connectivity index (χ3n) is 3.67. The van der Waals surface area contributed by atoms with E-state index in [1.165, 1.54) is 23.5 Å². The summed E-state index contributed by atoms with van der Waals surface area (Å²) in [5.74, 6) is -1.25. The van der Waals surface area contributed by atoms with Gasteiger partial charge in [0.25, 0.3) is 0 Å². The summed E-state index contributed by atoms with van der Waals surface area (Å²) >= 11 is 1.24. The minimum Gasteiger partial charge on any atom is -0.302 e. The lowest BCUT2D eigenvalue weighted by molar-refractivity contribution is -0.119. The molecule has 3 nitrogen and oxygen atoms in total. The lowest BCUT2D eigenvalue weighted by atomic mass is 10.1. The second-order valence-electron chi connectivity index (χ2n) is 5.13. The highest BCUT2D eigenvalue weighted by atomic mass is 32.1. The topological polar surface area (TPSA) is 42.0 Å². The molecule has 21 heavy (non-hydrogen) atoms. The number of rotatable bonds is 3. The maximum atomic E-state index is 13.7. The fraction of sp³-hybridized carbons (Fsp3) is 0.333. The Hall–Kier alpha value is -1.82. The van der Waals surface area contributed by atoms with Gasteiger partial charge in [-0.25, -0.2) is 13.8 Å². The molecule has 1 amide bonds. The van der Waals surface area contributed by atoms with Crippen LogP contribution in [0.5, 0.6) is 0 Å². The SMILES string of the molecule is O=C(Nc1nc(-c2ccc(F)cc2F)cs1)C1CCCC1. The third kappa shape index (κ3) is 3.10. The summed E-state index contributed by atoms with van der Waals surface area (Å²) in [5.41, 5.74) is 0.633. The second kappa shape index (κ2) is 5.89. The van der Waals surface area contributed by atoms with E-state index in [4.69, 9.17) is 0 Å². The van der Waals surface area contributed by atoms with Gasteiger partial charge in [-0.2, -0.15) is 0 Å². The summed E-state index contributed by atoms with van der Waals surface area (Å²) in [7, 11) is 0. The lowest BCUT2D eigenvalue weighted by Crippen LogP contribution is -2.20. The minimum atomic E-state index is -0.658. The maximum Gasteiger partial charge on any atom is 0.229 e. The summed E-state index contributed by atoms with van der Waals surface area (Å²) in [6.45, 7) is 0. The highest BCUT2D eigenvalue weighted by Gasteiger charge is 2.23. The normalized spacial score (nSPS) is 15.3. The quantitative estimate of drug-likeness (QED) is 0.922. The molecule has 2 aromatic rings. The first-order chi connectivity index (χ1) is 10.1. The van der Waals surface area contributed by atoms with Crippen molar-refractivity contribution in [2.45, 2.75) is 25.7 Å². The molecule has 1 saturated carbocycles. The van der Waals surface area contributed by atoms with Crippen molar-refractivity contribution < 1.29 is 13.6 Å². The van der Waals surface area contributed by atoms with Crippen LogP contribution in [-0.4, -0.2) is 10.9 Å². The highest BCUT2D eigenvalue weighted by Crippen LogP contribution is 2.29. The number of nitrogens with zero attached hydrogens (tertiary/aromatic N) is 1. The fourth-order valence-electron chi connectivity index (χ4n) is 2.55. The molecule has 3 rings (SSSR count). The van der Waals surface area contributed by atoms with Crippen molar-refractivity contribution in [3.05, 3.63) is 35.2 Å². The summed E-state index contributed by atoms with van der Waals surface area (Å²) in [6.07, 6.45) is 4.00. The van der Waals surface area contributed by atoms with Crippen LogP contribution in [0.15, 0.2) is 23.6 Å². The second-order valence-corrected chi connectivity index (χ2v) is 5.99. The largest absolute Gasteiger partial charge is 0.302 e. The average molecular weight is 308 g/mol. The number of carbonyl (C=O) groups is 1. The Morgan fingerprint density at radius 3 is 2.76 bits per heavy atom. The van der Waals surface area contributed by atoms with E-state index in [1.54, 1.807) is 5.38 Å². The number of nitrogens with one attached hydrogen (secondary N) is 1. The number of thiazole rings is 1. The Bertz CT molecular complexity index is 665. The molecule has 0 radical (unpaired) electrons. The Kier molecular flexibility index (Phi) is 3.96. The van der Waals surface area contributed by atoms with E-state index in [1.807, 2.05) is 0 Å². The van der Waals surface area contributed by atoms with Gasteiger partial charge in [-0.15, -0.1) is 11.3 Å². The fourth-order valence-corrected chi connectivity index (χ4v) is 3.26. The third-order valence-corrected chi connectivity index (χ3v) is 4.43. The molecule has 0 bridgehead atoms. The van der Waals surface area contributed by atoms with Crippen LogP contribution in [0.1, 0.15) is 25.7 Å². The Balaban J connectivity index is 1.75. The summed E-state index contributed by atoms with van der Waals surface area (Å²) in [6, 6.07) is 3.36. The van der Waals surface area contributed by atoms with Crippen molar-refractivity contribution in [3.63, 3.8) is 0 Å². The van der Waals surface area contributed by atoms with Crippen molar-refractivity contribution in [1.29, 1.82) is 0 Å². The first-order valence-electron chi connectivity index (χ1n) is 6.85. The van der Waals surface area contributed by atoms with Gasteiger partial charge in [0, 0.05) is 22.9 Å². The predicted octanol–water partition coefficient (Wildman–Crippen LogP) is 4.22. The summed E-state index contributed by atoms with van der Waals surface area (Å²) in [4.78, 5) is 16.2. The van der Waals surface area contributed by atoms with Crippen LogP contribution in [0.4, 0.5) is 13.9 Å². The number of carbonyl (C=O) groups excluding carboxylic acids is 1. The van der Waals surface area contributed by atoms with Gasteiger partial charge in [0.15, 0.2) is 5.13 Å². The van der Waals surface area contributed by atoms with Crippen LogP contribution in [0.25, 0.3) is 11.3 Å². The van der Waals surface area contributed by atoms with Crippen molar-refractivity contribution in [3.8, 4) is 11.3 Å². The molecule has 1 heterocycles. The molecule has 0 spiro atoms. The zero-order chi connectivity index (χ0) is 14.8. The smallest absolute Gasteiger partial charge is 0.229 e. The van der Waals surface area contributed by atoms with Gasteiger partial charge in [0.2, 0.25) is 5.91 Å². The van der Waals surface area contributed by atoms with Gasteiger partial charge in [-0.1, -0.05) is 12.8 Å². The van der Waals surface area contributed by atoms with Gasteiger partial charge in [0.05, 0.1) is 5.69 Å². The summed E-state index contributed by atoms with van der Waals surface area (Å²) < 4.78 is 26.6. The Labute approximate surface area is 125 Å². The minimum absolute atomic E-state index is 0.0204. The standard InChI is InChI=1S/C15H14F2N2OS/c16-10-5-6-11(12(17)7-10)13-8-21-15(18-13)19-14(20)9-3-1-2-4-9/h5-9H,1-4H2,(H,18,19,20). The Morgan fingerprint density at radius 2 is 2.05 bits per heavy atom. The molecule has 0 unspecified atom stereocenters. The molecule has 0 atom stereocenters. The van der Waals surface area contributed by atoms with Crippen LogP contribution in [0, 0.1) is 17.6 Å². The number of amides is 1. The van der Waals surface area contributed by atoms with Crippen LogP contribution >= 0.6 is 11.3 Å². The molecule has 110 valence electrons. The highest BCUT2D eigenvalue weighted by molar-refractivity contribution is 7.14. The number of hydrogen-bond acceptors (Lipinski definition) is 3. The molecule has 0 saturated heterocycles. The van der Waals surface area contributed by atoms with E-state index < -0.39 is 11.6 Å². The lowest BCUT2D eigenvalue weighted by Gasteiger charge is -2.07. The maximum absolute atomic E-state index is 13.7. The molecule has 1 N–H and O–H groups in total. The predicted molar refractivity (Wildman–Crippen MR) is 78.1 cm³/mol. The molecular weight excluding hydrogens is 294 g/mol. The number of aromatic nitrogens is 1. The number of benzene rings is 1. The van der Waals surface area contributed by atoms with Crippen LogP contribution in [0.3, 0.4) is 0 Å². The molecule has 1 aliphatic carbocycles. The molecule has 1 aromatic heterocycles. The Morgan fingerprint density at radius 1 is 1.29 bits per heavy atom. The summed E-state index contributed by atoms with van der Waals surface area (Å²) in [5, 5.41) is 4.88. The van der Waals surface area contributed by atoms with Crippen LogP contribution < -0.4 is 5.32 Å². The first kappa shape index (κ1) is 14.1. The van der Waals surface area contributed by atoms with E-state index in [2.05, 4.69) is 10.3 Å². The van der Waals surface area contributed by atoms with Gasteiger partial charge >= 0.3 is 0 Å². The molecule has 6 heteroatoms. The molecule has 1 fully saturated rings. The number of hydrogen-bond donors (Lipinski definition) is 1. The van der Waals surface area contributed by atoms with E-state index in [9.17, 15) is 13.6 Å². The van der Waals surface area contributed by atoms with Gasteiger partial charge < -0.3 is 5.32 Å². The van der Waals surface area contributed by atoms with Gasteiger partial charge in [0.1, 0.15) is 11.6 Å². The van der Waals surface area contributed by atoms with Crippen LogP contribution in [0.2, 0.25) is 0 Å². The van der Waals surface area contributed by atoms with E-state index >= 15 is 0 Å². The monoisotopic (exact) mass is 308 g/mol. The van der Waals surface area contributed by atoms with E-state index in [0.29, 0.717) is 10.8 Å². The number of halogens is 2. The zero-order valence-electron chi connectivity index (χ0n) is 11.2. The molecule has 1 aromatic carbocycles. The average Bonchev–Trinajstić information content (AvgIpc) is 3.09. The number of anilines is 1. The van der Waals surface area contributed by atoms with Crippen LogP contribution in [-0.2, 0) is 4.79 Å². The zero-order valence-corrected chi connectivity index (χ0v) is 12.1. The molecule has 0 aliphatic heterocycles. The van der Waals surface area contributed by atoms with Crippen molar-refractivity contribution >= 4 is 22.4 Å². The van der Waals surface area contributed by atoms with Gasteiger partial charge in [-0.05, 0) is 25.0 Å². The van der Waals surface area contributed by atoms with Crippen molar-refractivity contribution in [2.24, 2.45) is 5.92 Å².